The maximum Gasteiger partial charge on any atom is 0.0438 e. The zero-order valence-electron chi connectivity index (χ0n) is 9.86. The van der Waals surface area contributed by atoms with Crippen LogP contribution < -0.4 is 5.73 Å². The van der Waals surface area contributed by atoms with Crippen LogP contribution in [0, 0.1) is 6.92 Å². The number of benzene rings is 2. The molecule has 0 saturated heterocycles. The van der Waals surface area contributed by atoms with Crippen molar-refractivity contribution in [3.63, 3.8) is 0 Å². The molecule has 88 valence electrons. The summed E-state index contributed by atoms with van der Waals surface area (Å²) < 4.78 is 0. The van der Waals surface area contributed by atoms with Crippen LogP contribution in [0.15, 0.2) is 48.5 Å². The molecule has 1 unspecified atom stereocenters. The van der Waals surface area contributed by atoms with Gasteiger partial charge in [-0.2, -0.15) is 0 Å². The van der Waals surface area contributed by atoms with Crippen molar-refractivity contribution in [2.75, 3.05) is 0 Å². The standard InChI is InChI=1S/C15H16ClN/c1-11-7-8-13(10-14(11)16)15(17)9-12-5-3-2-4-6-12/h2-8,10,15H,9,17H2,1H3. The number of nitrogens with two attached hydrogens (primary N) is 1. The van der Waals surface area contributed by atoms with E-state index in [1.54, 1.807) is 0 Å². The summed E-state index contributed by atoms with van der Waals surface area (Å²) in [6.45, 7) is 1.99. The molecule has 0 aliphatic rings. The molecule has 0 fully saturated rings. The van der Waals surface area contributed by atoms with E-state index in [4.69, 9.17) is 17.3 Å². The highest BCUT2D eigenvalue weighted by atomic mass is 35.5. The highest BCUT2D eigenvalue weighted by molar-refractivity contribution is 6.31. The molecule has 1 nitrogen and oxygen atoms in total. The van der Waals surface area contributed by atoms with E-state index in [0.717, 1.165) is 22.6 Å². The minimum Gasteiger partial charge on any atom is -0.324 e. The molecule has 0 aromatic heterocycles. The Morgan fingerprint density at radius 3 is 2.47 bits per heavy atom. The highest BCUT2D eigenvalue weighted by Crippen LogP contribution is 2.22. The molecule has 1 atom stereocenters. The van der Waals surface area contributed by atoms with Crippen LogP contribution in [0.1, 0.15) is 22.7 Å². The maximum atomic E-state index is 6.19. The zero-order valence-corrected chi connectivity index (χ0v) is 10.6. The predicted octanol–water partition coefficient (Wildman–Crippen LogP) is 3.89. The Bertz CT molecular complexity index is 494. The fourth-order valence-corrected chi connectivity index (χ4v) is 2.01. The van der Waals surface area contributed by atoms with Gasteiger partial charge in [0.25, 0.3) is 0 Å². The van der Waals surface area contributed by atoms with Crippen LogP contribution in [-0.2, 0) is 6.42 Å². The summed E-state index contributed by atoms with van der Waals surface area (Å²) in [6.07, 6.45) is 0.834. The molecule has 2 rings (SSSR count). The summed E-state index contributed by atoms with van der Waals surface area (Å²) in [5.41, 5.74) is 9.61. The zero-order chi connectivity index (χ0) is 12.3. The second-order valence-electron chi connectivity index (χ2n) is 4.30. The molecule has 0 aliphatic heterocycles. The van der Waals surface area contributed by atoms with Gasteiger partial charge in [-0.3, -0.25) is 0 Å². The van der Waals surface area contributed by atoms with Gasteiger partial charge in [-0.05, 0) is 36.1 Å². The van der Waals surface area contributed by atoms with Crippen molar-refractivity contribution in [1.82, 2.24) is 0 Å². The number of halogens is 1. The van der Waals surface area contributed by atoms with Gasteiger partial charge in [0.05, 0.1) is 0 Å². The van der Waals surface area contributed by atoms with Crippen molar-refractivity contribution in [2.24, 2.45) is 5.73 Å². The first kappa shape index (κ1) is 12.2. The van der Waals surface area contributed by atoms with Crippen LogP contribution in [0.25, 0.3) is 0 Å². The van der Waals surface area contributed by atoms with Crippen LogP contribution in [0.2, 0.25) is 5.02 Å². The van der Waals surface area contributed by atoms with Crippen LogP contribution in [0.4, 0.5) is 0 Å². The summed E-state index contributed by atoms with van der Waals surface area (Å²) in [7, 11) is 0. The van der Waals surface area contributed by atoms with Gasteiger partial charge in [0.1, 0.15) is 0 Å². The molecule has 2 aromatic carbocycles. The molecule has 0 aliphatic carbocycles. The van der Waals surface area contributed by atoms with E-state index >= 15 is 0 Å². The first-order valence-electron chi connectivity index (χ1n) is 5.72. The van der Waals surface area contributed by atoms with Crippen LogP contribution in [0.3, 0.4) is 0 Å². The Morgan fingerprint density at radius 1 is 1.12 bits per heavy atom. The lowest BCUT2D eigenvalue weighted by molar-refractivity contribution is 0.722. The largest absolute Gasteiger partial charge is 0.324 e. The molecular formula is C15H16ClN. The van der Waals surface area contributed by atoms with Crippen molar-refractivity contribution in [1.29, 1.82) is 0 Å². The molecule has 0 radical (unpaired) electrons. The molecule has 2 aromatic rings. The highest BCUT2D eigenvalue weighted by Gasteiger charge is 2.08. The van der Waals surface area contributed by atoms with Crippen molar-refractivity contribution < 1.29 is 0 Å². The van der Waals surface area contributed by atoms with E-state index in [-0.39, 0.29) is 6.04 Å². The average molecular weight is 246 g/mol. The van der Waals surface area contributed by atoms with E-state index in [1.807, 2.05) is 37.3 Å². The monoisotopic (exact) mass is 245 g/mol. The Labute approximate surface area is 107 Å². The minimum absolute atomic E-state index is 0.00417. The topological polar surface area (TPSA) is 26.0 Å². The fourth-order valence-electron chi connectivity index (χ4n) is 1.83. The van der Waals surface area contributed by atoms with E-state index in [1.165, 1.54) is 5.56 Å². The van der Waals surface area contributed by atoms with Crippen molar-refractivity contribution in [3.05, 3.63) is 70.2 Å². The second kappa shape index (κ2) is 5.35. The van der Waals surface area contributed by atoms with E-state index in [9.17, 15) is 0 Å². The Morgan fingerprint density at radius 2 is 1.82 bits per heavy atom. The van der Waals surface area contributed by atoms with Crippen molar-refractivity contribution in [3.8, 4) is 0 Å². The first-order chi connectivity index (χ1) is 8.16. The van der Waals surface area contributed by atoms with Gasteiger partial charge >= 0.3 is 0 Å². The van der Waals surface area contributed by atoms with Gasteiger partial charge in [0, 0.05) is 11.1 Å². The molecule has 17 heavy (non-hydrogen) atoms. The molecule has 0 saturated carbocycles. The Kier molecular flexibility index (Phi) is 3.82. The third-order valence-electron chi connectivity index (χ3n) is 2.92. The van der Waals surface area contributed by atoms with E-state index < -0.39 is 0 Å². The van der Waals surface area contributed by atoms with Gasteiger partial charge in [0.2, 0.25) is 0 Å². The number of rotatable bonds is 3. The Hall–Kier alpha value is -1.31. The molecule has 0 bridgehead atoms. The lowest BCUT2D eigenvalue weighted by Crippen LogP contribution is -2.13. The predicted molar refractivity (Wildman–Crippen MR) is 73.3 cm³/mol. The Balaban J connectivity index is 2.14. The van der Waals surface area contributed by atoms with Gasteiger partial charge in [0.15, 0.2) is 0 Å². The van der Waals surface area contributed by atoms with Crippen LogP contribution in [0.5, 0.6) is 0 Å². The summed E-state index contributed by atoms with van der Waals surface area (Å²) >= 11 is 6.11. The first-order valence-corrected chi connectivity index (χ1v) is 6.10. The van der Waals surface area contributed by atoms with Crippen LogP contribution >= 0.6 is 11.6 Å². The lowest BCUT2D eigenvalue weighted by atomic mass is 9.99. The molecule has 0 amide bonds. The fraction of sp³-hybridized carbons (Fsp3) is 0.200. The summed E-state index contributed by atoms with van der Waals surface area (Å²) in [5, 5.41) is 0.783. The maximum absolute atomic E-state index is 6.19. The molecule has 2 N–H and O–H groups in total. The van der Waals surface area contributed by atoms with Gasteiger partial charge < -0.3 is 5.73 Å². The van der Waals surface area contributed by atoms with E-state index in [0.29, 0.717) is 0 Å². The molecule has 0 heterocycles. The van der Waals surface area contributed by atoms with Crippen LogP contribution in [-0.4, -0.2) is 0 Å². The normalized spacial score (nSPS) is 12.4. The molecule has 2 heteroatoms. The summed E-state index contributed by atoms with van der Waals surface area (Å²) in [4.78, 5) is 0. The van der Waals surface area contributed by atoms with Crippen molar-refractivity contribution in [2.45, 2.75) is 19.4 Å². The number of hydrogen-bond donors (Lipinski definition) is 1. The third-order valence-corrected chi connectivity index (χ3v) is 3.33. The summed E-state index contributed by atoms with van der Waals surface area (Å²) in [5.74, 6) is 0. The van der Waals surface area contributed by atoms with E-state index in [2.05, 4.69) is 18.2 Å². The van der Waals surface area contributed by atoms with Gasteiger partial charge in [-0.15, -0.1) is 0 Å². The quantitative estimate of drug-likeness (QED) is 0.872. The summed E-state index contributed by atoms with van der Waals surface area (Å²) in [6, 6.07) is 16.3. The lowest BCUT2D eigenvalue weighted by Gasteiger charge is -2.13. The third kappa shape index (κ3) is 3.09. The average Bonchev–Trinajstić information content (AvgIpc) is 2.34. The molecular weight excluding hydrogens is 230 g/mol. The minimum atomic E-state index is -0.00417. The van der Waals surface area contributed by atoms with Gasteiger partial charge in [-0.25, -0.2) is 0 Å². The smallest absolute Gasteiger partial charge is 0.0438 e. The number of aryl methyl sites for hydroxylation is 1. The molecule has 0 spiro atoms. The number of hydrogen-bond acceptors (Lipinski definition) is 1. The second-order valence-corrected chi connectivity index (χ2v) is 4.71. The van der Waals surface area contributed by atoms with Crippen molar-refractivity contribution >= 4 is 11.6 Å². The SMILES string of the molecule is Cc1ccc(C(N)Cc2ccccc2)cc1Cl. The van der Waals surface area contributed by atoms with Gasteiger partial charge in [-0.1, -0.05) is 54.1 Å².